The summed E-state index contributed by atoms with van der Waals surface area (Å²) in [6, 6.07) is 2.01. The van der Waals surface area contributed by atoms with E-state index in [1.165, 1.54) is 6.20 Å². The highest BCUT2D eigenvalue weighted by molar-refractivity contribution is 7.98. The highest BCUT2D eigenvalue weighted by atomic mass is 32.2. The molecule has 0 fully saturated rings. The Labute approximate surface area is 132 Å². The summed E-state index contributed by atoms with van der Waals surface area (Å²) in [5.74, 6) is 2.23. The Morgan fingerprint density at radius 2 is 2.14 bits per heavy atom. The molecule has 0 aliphatic carbocycles. The molecule has 0 spiro atoms. The fourth-order valence-electron chi connectivity index (χ4n) is 2.29. The first-order chi connectivity index (χ1) is 9.99. The molecule has 120 valence electrons. The summed E-state index contributed by atoms with van der Waals surface area (Å²) in [5.41, 5.74) is 0.928. The lowest BCUT2D eigenvalue weighted by atomic mass is 10.1. The second-order valence-electron chi connectivity index (χ2n) is 5.79. The van der Waals surface area contributed by atoms with Gasteiger partial charge in [0.05, 0.1) is 6.20 Å². The van der Waals surface area contributed by atoms with Gasteiger partial charge in [-0.1, -0.05) is 20.8 Å². The predicted molar refractivity (Wildman–Crippen MR) is 91.6 cm³/mol. The summed E-state index contributed by atoms with van der Waals surface area (Å²) in [4.78, 5) is 6.51. The molecule has 0 aliphatic heterocycles. The fourth-order valence-corrected chi connectivity index (χ4v) is 3.13. The van der Waals surface area contributed by atoms with Crippen LogP contribution in [0.1, 0.15) is 32.8 Å². The van der Waals surface area contributed by atoms with Crippen molar-refractivity contribution in [2.45, 2.75) is 39.8 Å². The van der Waals surface area contributed by atoms with Gasteiger partial charge in [-0.05, 0) is 31.2 Å². The molecule has 3 nitrogen and oxygen atoms in total. The molecular formula is C16H28FN3S. The quantitative estimate of drug-likeness (QED) is 0.755. The highest BCUT2D eigenvalue weighted by Gasteiger charge is 2.17. The number of aromatic nitrogens is 1. The smallest absolute Gasteiger partial charge is 0.141 e. The average Bonchev–Trinajstić information content (AvgIpc) is 2.44. The third-order valence-electron chi connectivity index (χ3n) is 3.49. The standard InChI is InChI=1S/C16H28FN3S/c1-6-15(11-21-5)20(4)16-13(7-14(17)10-19-16)9-18-8-12(2)3/h7,10,12,15,18H,6,8-9,11H2,1-5H3. The molecule has 1 aromatic heterocycles. The van der Waals surface area contributed by atoms with Crippen molar-refractivity contribution < 1.29 is 4.39 Å². The summed E-state index contributed by atoms with van der Waals surface area (Å²) in [5, 5.41) is 3.37. The van der Waals surface area contributed by atoms with Crippen molar-refractivity contribution in [2.75, 3.05) is 30.5 Å². The number of hydrogen-bond acceptors (Lipinski definition) is 4. The van der Waals surface area contributed by atoms with Crippen LogP contribution in [0.3, 0.4) is 0 Å². The van der Waals surface area contributed by atoms with E-state index in [2.05, 4.69) is 49.3 Å². The monoisotopic (exact) mass is 313 g/mol. The van der Waals surface area contributed by atoms with E-state index in [-0.39, 0.29) is 5.82 Å². The van der Waals surface area contributed by atoms with E-state index in [0.29, 0.717) is 18.5 Å². The molecule has 1 heterocycles. The minimum absolute atomic E-state index is 0.272. The third-order valence-corrected chi connectivity index (χ3v) is 4.21. The van der Waals surface area contributed by atoms with Crippen molar-refractivity contribution in [2.24, 2.45) is 5.92 Å². The van der Waals surface area contributed by atoms with Gasteiger partial charge in [0.15, 0.2) is 0 Å². The number of hydrogen-bond donors (Lipinski definition) is 1. The molecule has 0 radical (unpaired) electrons. The van der Waals surface area contributed by atoms with Gasteiger partial charge < -0.3 is 10.2 Å². The second kappa shape index (κ2) is 9.26. The molecule has 0 amide bonds. The van der Waals surface area contributed by atoms with E-state index in [1.807, 2.05) is 11.8 Å². The predicted octanol–water partition coefficient (Wildman–Crippen LogP) is 3.54. The summed E-state index contributed by atoms with van der Waals surface area (Å²) in [6.07, 6.45) is 4.47. The number of nitrogens with one attached hydrogen (secondary N) is 1. The zero-order chi connectivity index (χ0) is 15.8. The third kappa shape index (κ3) is 5.83. The van der Waals surface area contributed by atoms with E-state index >= 15 is 0 Å². The lowest BCUT2D eigenvalue weighted by Gasteiger charge is -2.29. The molecule has 0 saturated heterocycles. The van der Waals surface area contributed by atoms with E-state index in [4.69, 9.17) is 0 Å². The molecular weight excluding hydrogens is 285 g/mol. The van der Waals surface area contributed by atoms with Crippen molar-refractivity contribution >= 4 is 17.6 Å². The Balaban J connectivity index is 2.88. The Kier molecular flexibility index (Phi) is 8.04. The van der Waals surface area contributed by atoms with Crippen LogP contribution in [-0.2, 0) is 6.54 Å². The molecule has 1 unspecified atom stereocenters. The van der Waals surface area contributed by atoms with Crippen molar-refractivity contribution in [1.82, 2.24) is 10.3 Å². The molecule has 1 rings (SSSR count). The number of anilines is 1. The molecule has 5 heteroatoms. The van der Waals surface area contributed by atoms with E-state index < -0.39 is 0 Å². The van der Waals surface area contributed by atoms with Gasteiger partial charge >= 0.3 is 0 Å². The van der Waals surface area contributed by atoms with E-state index in [1.54, 1.807) is 6.07 Å². The van der Waals surface area contributed by atoms with Gasteiger partial charge in [-0.15, -0.1) is 0 Å². The fraction of sp³-hybridized carbons (Fsp3) is 0.688. The SMILES string of the molecule is CCC(CSC)N(C)c1ncc(F)cc1CNCC(C)C. The van der Waals surface area contributed by atoms with Gasteiger partial charge in [0.1, 0.15) is 11.6 Å². The van der Waals surface area contributed by atoms with Crippen LogP contribution in [0.25, 0.3) is 0 Å². The highest BCUT2D eigenvalue weighted by Crippen LogP contribution is 2.22. The van der Waals surface area contributed by atoms with Crippen molar-refractivity contribution in [3.8, 4) is 0 Å². The van der Waals surface area contributed by atoms with Gasteiger partial charge in [-0.2, -0.15) is 11.8 Å². The topological polar surface area (TPSA) is 28.2 Å². The van der Waals surface area contributed by atoms with E-state index in [9.17, 15) is 4.39 Å². The molecule has 21 heavy (non-hydrogen) atoms. The summed E-state index contributed by atoms with van der Waals surface area (Å²) in [7, 11) is 2.05. The Bertz CT molecular complexity index is 426. The Morgan fingerprint density at radius 1 is 1.43 bits per heavy atom. The number of nitrogens with zero attached hydrogens (tertiary/aromatic N) is 2. The number of halogens is 1. The molecule has 0 saturated carbocycles. The van der Waals surface area contributed by atoms with Gasteiger partial charge in [0.25, 0.3) is 0 Å². The number of thioether (sulfide) groups is 1. The summed E-state index contributed by atoms with van der Waals surface area (Å²) >= 11 is 1.83. The molecule has 0 bridgehead atoms. The van der Waals surface area contributed by atoms with Crippen LogP contribution in [0, 0.1) is 11.7 Å². The van der Waals surface area contributed by atoms with Gasteiger partial charge in [-0.25, -0.2) is 9.37 Å². The Morgan fingerprint density at radius 3 is 2.71 bits per heavy atom. The lowest BCUT2D eigenvalue weighted by Crippen LogP contribution is -2.35. The van der Waals surface area contributed by atoms with Crippen LogP contribution < -0.4 is 10.2 Å². The maximum absolute atomic E-state index is 13.5. The average molecular weight is 313 g/mol. The molecule has 0 aromatic carbocycles. The van der Waals surface area contributed by atoms with Crippen molar-refractivity contribution in [1.29, 1.82) is 0 Å². The summed E-state index contributed by atoms with van der Waals surface area (Å²) < 4.78 is 13.5. The Hall–Kier alpha value is -0.810. The first-order valence-corrected chi connectivity index (χ1v) is 8.95. The second-order valence-corrected chi connectivity index (χ2v) is 6.70. The van der Waals surface area contributed by atoms with E-state index in [0.717, 1.165) is 30.1 Å². The molecule has 1 N–H and O–H groups in total. The van der Waals surface area contributed by atoms with Crippen molar-refractivity contribution in [3.05, 3.63) is 23.6 Å². The number of rotatable bonds is 9. The minimum atomic E-state index is -0.272. The van der Waals surface area contributed by atoms with Crippen molar-refractivity contribution in [3.63, 3.8) is 0 Å². The zero-order valence-corrected chi connectivity index (χ0v) is 14.6. The van der Waals surface area contributed by atoms with Crippen LogP contribution in [0.5, 0.6) is 0 Å². The molecule has 1 aromatic rings. The largest absolute Gasteiger partial charge is 0.356 e. The van der Waals surface area contributed by atoms with Gasteiger partial charge in [0.2, 0.25) is 0 Å². The van der Waals surface area contributed by atoms with Gasteiger partial charge in [0, 0.05) is 31.0 Å². The van der Waals surface area contributed by atoms with Crippen LogP contribution in [-0.4, -0.2) is 36.6 Å². The van der Waals surface area contributed by atoms with Crippen LogP contribution in [0.4, 0.5) is 10.2 Å². The maximum atomic E-state index is 13.5. The molecule has 0 aliphatic rings. The number of pyridine rings is 1. The van der Waals surface area contributed by atoms with Crippen LogP contribution >= 0.6 is 11.8 Å². The van der Waals surface area contributed by atoms with Crippen LogP contribution in [0.2, 0.25) is 0 Å². The normalized spacial score (nSPS) is 12.7. The van der Waals surface area contributed by atoms with Crippen LogP contribution in [0.15, 0.2) is 12.3 Å². The zero-order valence-electron chi connectivity index (χ0n) is 13.8. The first-order valence-electron chi connectivity index (χ1n) is 7.56. The summed E-state index contributed by atoms with van der Waals surface area (Å²) in [6.45, 7) is 8.07. The minimum Gasteiger partial charge on any atom is -0.356 e. The van der Waals surface area contributed by atoms with Gasteiger partial charge in [-0.3, -0.25) is 0 Å². The first kappa shape index (κ1) is 18.2. The maximum Gasteiger partial charge on any atom is 0.141 e. The molecule has 1 atom stereocenters. The lowest BCUT2D eigenvalue weighted by molar-refractivity contribution is 0.547.